The lowest BCUT2D eigenvalue weighted by Gasteiger charge is -2.24. The van der Waals surface area contributed by atoms with Gasteiger partial charge in [0.05, 0.1) is 12.0 Å². The third-order valence-corrected chi connectivity index (χ3v) is 3.10. The summed E-state index contributed by atoms with van der Waals surface area (Å²) < 4.78 is 5.04. The molecule has 1 aromatic rings. The van der Waals surface area contributed by atoms with Crippen LogP contribution in [0.5, 0.6) is 5.75 Å². The van der Waals surface area contributed by atoms with E-state index in [0.29, 0.717) is 11.4 Å². The third kappa shape index (κ3) is 2.70. The fraction of sp³-hybridized carbons (Fsp3) is 0.500. The van der Waals surface area contributed by atoms with E-state index in [1.807, 2.05) is 0 Å². The lowest BCUT2D eigenvalue weighted by atomic mass is 10.1. The minimum Gasteiger partial charge on any atom is -0.490 e. The van der Waals surface area contributed by atoms with E-state index < -0.39 is 4.92 Å². The van der Waals surface area contributed by atoms with Crippen molar-refractivity contribution in [2.24, 2.45) is 0 Å². The predicted octanol–water partition coefficient (Wildman–Crippen LogP) is 1.77. The first-order valence-electron chi connectivity index (χ1n) is 6.01. The lowest BCUT2D eigenvalue weighted by Crippen LogP contribution is -2.35. The van der Waals surface area contributed by atoms with E-state index in [4.69, 9.17) is 4.74 Å². The predicted molar refractivity (Wildman–Crippen MR) is 69.2 cm³/mol. The maximum absolute atomic E-state index is 11.1. The number of hydrogen-bond acceptors (Lipinski definition) is 5. The highest BCUT2D eigenvalue weighted by Gasteiger charge is 2.23. The van der Waals surface area contributed by atoms with Gasteiger partial charge >= 0.3 is 5.69 Å². The second kappa shape index (κ2) is 5.68. The van der Waals surface area contributed by atoms with Gasteiger partial charge in [0.1, 0.15) is 5.69 Å². The van der Waals surface area contributed by atoms with Gasteiger partial charge in [-0.05, 0) is 38.1 Å². The molecule has 6 heteroatoms. The lowest BCUT2D eigenvalue weighted by molar-refractivity contribution is -0.384. The van der Waals surface area contributed by atoms with Crippen LogP contribution in [0.15, 0.2) is 18.2 Å². The smallest absolute Gasteiger partial charge is 0.333 e. The molecule has 2 N–H and O–H groups in total. The van der Waals surface area contributed by atoms with Crippen molar-refractivity contribution in [1.82, 2.24) is 5.32 Å². The molecule has 0 aromatic heterocycles. The molecule has 0 spiro atoms. The zero-order valence-electron chi connectivity index (χ0n) is 10.3. The van der Waals surface area contributed by atoms with Gasteiger partial charge in [-0.1, -0.05) is 6.07 Å². The Kier molecular flexibility index (Phi) is 3.99. The summed E-state index contributed by atoms with van der Waals surface area (Å²) >= 11 is 0. The normalized spacial score (nSPS) is 16.3. The zero-order valence-corrected chi connectivity index (χ0v) is 10.3. The fourth-order valence-corrected chi connectivity index (χ4v) is 2.18. The van der Waals surface area contributed by atoms with Crippen LogP contribution in [0, 0.1) is 10.1 Å². The third-order valence-electron chi connectivity index (χ3n) is 3.10. The van der Waals surface area contributed by atoms with Crippen molar-refractivity contribution in [2.45, 2.75) is 18.9 Å². The second-order valence-electron chi connectivity index (χ2n) is 4.28. The van der Waals surface area contributed by atoms with Crippen LogP contribution in [0.1, 0.15) is 12.8 Å². The fourth-order valence-electron chi connectivity index (χ4n) is 2.18. The number of methoxy groups -OCH3 is 1. The number of nitrogens with one attached hydrogen (secondary N) is 2. The summed E-state index contributed by atoms with van der Waals surface area (Å²) in [6.07, 6.45) is 1.93. The largest absolute Gasteiger partial charge is 0.490 e. The molecule has 0 atom stereocenters. The summed E-state index contributed by atoms with van der Waals surface area (Å²) in [7, 11) is 1.44. The van der Waals surface area contributed by atoms with E-state index in [1.165, 1.54) is 7.11 Å². The first-order chi connectivity index (χ1) is 8.72. The minimum absolute atomic E-state index is 0.0125. The number of rotatable bonds is 4. The number of ether oxygens (including phenoxy) is 1. The number of para-hydroxylation sites is 1. The first kappa shape index (κ1) is 12.6. The Labute approximate surface area is 105 Å². The summed E-state index contributed by atoms with van der Waals surface area (Å²) in [5, 5.41) is 17.6. The van der Waals surface area contributed by atoms with Gasteiger partial charge in [-0.25, -0.2) is 0 Å². The topological polar surface area (TPSA) is 76.4 Å². The second-order valence-corrected chi connectivity index (χ2v) is 4.28. The molecule has 0 unspecified atom stereocenters. The van der Waals surface area contributed by atoms with Gasteiger partial charge in [-0.3, -0.25) is 10.1 Å². The van der Waals surface area contributed by atoms with Gasteiger partial charge in [0, 0.05) is 6.04 Å². The molecule has 1 aliphatic heterocycles. The molecule has 6 nitrogen and oxygen atoms in total. The molecule has 1 aromatic carbocycles. The average Bonchev–Trinajstić information content (AvgIpc) is 2.39. The van der Waals surface area contributed by atoms with Crippen LogP contribution in [-0.4, -0.2) is 31.2 Å². The summed E-state index contributed by atoms with van der Waals surface area (Å²) in [6, 6.07) is 5.36. The van der Waals surface area contributed by atoms with Crippen LogP contribution >= 0.6 is 0 Å². The molecule has 0 saturated carbocycles. The highest BCUT2D eigenvalue weighted by Crippen LogP contribution is 2.35. The number of anilines is 1. The summed E-state index contributed by atoms with van der Waals surface area (Å²) in [6.45, 7) is 1.88. The molecule has 2 rings (SSSR count). The van der Waals surface area contributed by atoms with Crippen molar-refractivity contribution >= 4 is 11.4 Å². The summed E-state index contributed by atoms with van der Waals surface area (Å²) in [4.78, 5) is 10.7. The van der Waals surface area contributed by atoms with Crippen molar-refractivity contribution in [3.8, 4) is 5.75 Å². The highest BCUT2D eigenvalue weighted by molar-refractivity contribution is 5.68. The van der Waals surface area contributed by atoms with Crippen LogP contribution in [-0.2, 0) is 0 Å². The van der Waals surface area contributed by atoms with E-state index in [2.05, 4.69) is 10.6 Å². The molecular formula is C12H17N3O3. The SMILES string of the molecule is COc1cccc(NC2CCNCC2)c1[N+](=O)[O-]. The quantitative estimate of drug-likeness (QED) is 0.630. The molecule has 0 radical (unpaired) electrons. The van der Waals surface area contributed by atoms with Gasteiger partial charge < -0.3 is 15.4 Å². The molecular weight excluding hydrogens is 234 g/mol. The first-order valence-corrected chi connectivity index (χ1v) is 6.01. The van der Waals surface area contributed by atoms with Crippen molar-refractivity contribution in [2.75, 3.05) is 25.5 Å². The minimum atomic E-state index is -0.401. The molecule has 1 saturated heterocycles. The van der Waals surface area contributed by atoms with Crippen LogP contribution in [0.25, 0.3) is 0 Å². The summed E-state index contributed by atoms with van der Waals surface area (Å²) in [5.41, 5.74) is 0.546. The number of piperidine rings is 1. The summed E-state index contributed by atoms with van der Waals surface area (Å²) in [5.74, 6) is 0.291. The molecule has 1 heterocycles. The van der Waals surface area contributed by atoms with Gasteiger partial charge in [0.15, 0.2) is 5.75 Å². The Balaban J connectivity index is 2.23. The molecule has 98 valence electrons. The maximum Gasteiger partial charge on any atom is 0.333 e. The highest BCUT2D eigenvalue weighted by atomic mass is 16.6. The van der Waals surface area contributed by atoms with Crippen LogP contribution in [0.4, 0.5) is 11.4 Å². The van der Waals surface area contributed by atoms with Crippen LogP contribution in [0.2, 0.25) is 0 Å². The zero-order chi connectivity index (χ0) is 13.0. The van der Waals surface area contributed by atoms with Gasteiger partial charge in [0.25, 0.3) is 0 Å². The van der Waals surface area contributed by atoms with E-state index in [1.54, 1.807) is 18.2 Å². The van der Waals surface area contributed by atoms with Crippen LogP contribution in [0.3, 0.4) is 0 Å². The molecule has 1 aliphatic rings. The van der Waals surface area contributed by atoms with Crippen molar-refractivity contribution in [1.29, 1.82) is 0 Å². The van der Waals surface area contributed by atoms with E-state index in [-0.39, 0.29) is 11.7 Å². The Hall–Kier alpha value is -1.82. The Morgan fingerprint density at radius 2 is 2.17 bits per heavy atom. The Bertz CT molecular complexity index is 431. The van der Waals surface area contributed by atoms with E-state index >= 15 is 0 Å². The number of nitro benzene ring substituents is 1. The van der Waals surface area contributed by atoms with Gasteiger partial charge in [-0.15, -0.1) is 0 Å². The van der Waals surface area contributed by atoms with Crippen molar-refractivity contribution in [3.05, 3.63) is 28.3 Å². The average molecular weight is 251 g/mol. The monoisotopic (exact) mass is 251 g/mol. The maximum atomic E-state index is 11.1. The van der Waals surface area contributed by atoms with Crippen molar-refractivity contribution in [3.63, 3.8) is 0 Å². The molecule has 1 fully saturated rings. The number of nitrogens with zero attached hydrogens (tertiary/aromatic N) is 1. The molecule has 0 bridgehead atoms. The molecule has 0 amide bonds. The molecule has 18 heavy (non-hydrogen) atoms. The standard InChI is InChI=1S/C12H17N3O3/c1-18-11-4-2-3-10(12(11)15(16)17)14-9-5-7-13-8-6-9/h2-4,9,13-14H,5-8H2,1H3. The van der Waals surface area contributed by atoms with Gasteiger partial charge in [-0.2, -0.15) is 0 Å². The number of benzene rings is 1. The van der Waals surface area contributed by atoms with E-state index in [9.17, 15) is 10.1 Å². The van der Waals surface area contributed by atoms with Gasteiger partial charge in [0.2, 0.25) is 0 Å². The van der Waals surface area contributed by atoms with Crippen molar-refractivity contribution < 1.29 is 9.66 Å². The Morgan fingerprint density at radius 1 is 1.44 bits per heavy atom. The van der Waals surface area contributed by atoms with Crippen LogP contribution < -0.4 is 15.4 Å². The number of hydrogen-bond donors (Lipinski definition) is 2. The number of nitro groups is 1. The molecule has 0 aliphatic carbocycles. The Morgan fingerprint density at radius 3 is 2.78 bits per heavy atom. The van der Waals surface area contributed by atoms with E-state index in [0.717, 1.165) is 25.9 Å².